The van der Waals surface area contributed by atoms with Crippen molar-refractivity contribution in [3.63, 3.8) is 0 Å². The predicted octanol–water partition coefficient (Wildman–Crippen LogP) is 2.23. The van der Waals surface area contributed by atoms with Crippen LogP contribution in [0.3, 0.4) is 0 Å². The van der Waals surface area contributed by atoms with Crippen molar-refractivity contribution in [2.24, 2.45) is 0 Å². The molecule has 0 aromatic carbocycles. The zero-order valence-electron chi connectivity index (χ0n) is 9.20. The fourth-order valence-electron chi connectivity index (χ4n) is 1.90. The summed E-state index contributed by atoms with van der Waals surface area (Å²) >= 11 is 0. The molecule has 3 heteroatoms. The Morgan fingerprint density at radius 2 is 2.53 bits per heavy atom. The van der Waals surface area contributed by atoms with Crippen LogP contribution >= 0.6 is 0 Å². The Balaban J connectivity index is 2.02. The van der Waals surface area contributed by atoms with Gasteiger partial charge < -0.3 is 10.1 Å². The lowest BCUT2D eigenvalue weighted by Crippen LogP contribution is -2.30. The fraction of sp³-hybridized carbons (Fsp3) is 0.583. The fourth-order valence-corrected chi connectivity index (χ4v) is 1.90. The largest absolute Gasteiger partial charge is 0.379 e. The molecule has 82 valence electrons. The van der Waals surface area contributed by atoms with Gasteiger partial charge in [0.15, 0.2) is 0 Å². The third kappa shape index (κ3) is 2.69. The summed E-state index contributed by atoms with van der Waals surface area (Å²) in [5.41, 5.74) is 1.28. The first-order valence-electron chi connectivity index (χ1n) is 5.68. The summed E-state index contributed by atoms with van der Waals surface area (Å²) in [6.45, 7) is 3.86. The molecule has 15 heavy (non-hydrogen) atoms. The van der Waals surface area contributed by atoms with Crippen molar-refractivity contribution < 1.29 is 4.74 Å². The summed E-state index contributed by atoms with van der Waals surface area (Å²) in [5.74, 6) is 1.02. The van der Waals surface area contributed by atoms with Gasteiger partial charge in [-0.1, -0.05) is 13.0 Å². The molecule has 0 saturated carbocycles. The Kier molecular flexibility index (Phi) is 3.56. The molecule has 0 bridgehead atoms. The van der Waals surface area contributed by atoms with Gasteiger partial charge in [0.2, 0.25) is 0 Å². The van der Waals surface area contributed by atoms with E-state index in [0.717, 1.165) is 31.9 Å². The topological polar surface area (TPSA) is 34.2 Å². The van der Waals surface area contributed by atoms with E-state index in [1.54, 1.807) is 0 Å². The van der Waals surface area contributed by atoms with Crippen LogP contribution in [0.5, 0.6) is 0 Å². The van der Waals surface area contributed by atoms with Gasteiger partial charge in [0, 0.05) is 12.8 Å². The van der Waals surface area contributed by atoms with E-state index in [4.69, 9.17) is 4.74 Å². The minimum absolute atomic E-state index is 0.430. The standard InChI is InChI=1S/C12H18N2O/c1-2-10-5-3-7-13-12(10)14-11-6-4-8-15-9-11/h3,5,7,11H,2,4,6,8-9H2,1H3,(H,13,14). The van der Waals surface area contributed by atoms with Crippen LogP contribution in [0.4, 0.5) is 5.82 Å². The van der Waals surface area contributed by atoms with Gasteiger partial charge in [-0.2, -0.15) is 0 Å². The molecule has 1 N–H and O–H groups in total. The van der Waals surface area contributed by atoms with E-state index >= 15 is 0 Å². The second kappa shape index (κ2) is 5.12. The quantitative estimate of drug-likeness (QED) is 0.823. The van der Waals surface area contributed by atoms with Crippen LogP contribution in [0.25, 0.3) is 0 Å². The summed E-state index contributed by atoms with van der Waals surface area (Å²) in [5, 5.41) is 3.46. The third-order valence-electron chi connectivity index (χ3n) is 2.77. The molecule has 3 nitrogen and oxygen atoms in total. The number of rotatable bonds is 3. The monoisotopic (exact) mass is 206 g/mol. The Morgan fingerprint density at radius 1 is 1.60 bits per heavy atom. The van der Waals surface area contributed by atoms with Gasteiger partial charge in [-0.3, -0.25) is 0 Å². The molecular weight excluding hydrogens is 188 g/mol. The summed E-state index contributed by atoms with van der Waals surface area (Å²) < 4.78 is 5.44. The number of hydrogen-bond donors (Lipinski definition) is 1. The van der Waals surface area contributed by atoms with Gasteiger partial charge in [-0.25, -0.2) is 4.98 Å². The molecule has 1 atom stereocenters. The summed E-state index contributed by atoms with van der Waals surface area (Å²) in [4.78, 5) is 4.38. The molecule has 1 saturated heterocycles. The Labute approximate surface area is 90.9 Å². The van der Waals surface area contributed by atoms with E-state index in [9.17, 15) is 0 Å². The van der Waals surface area contributed by atoms with E-state index in [0.29, 0.717) is 6.04 Å². The van der Waals surface area contributed by atoms with Crippen molar-refractivity contribution in [3.05, 3.63) is 23.9 Å². The number of hydrogen-bond acceptors (Lipinski definition) is 3. The zero-order chi connectivity index (χ0) is 10.5. The molecule has 0 amide bonds. The molecule has 1 aromatic heterocycles. The van der Waals surface area contributed by atoms with Crippen molar-refractivity contribution >= 4 is 5.82 Å². The highest BCUT2D eigenvalue weighted by Gasteiger charge is 2.14. The van der Waals surface area contributed by atoms with E-state index in [-0.39, 0.29) is 0 Å². The molecule has 1 aromatic rings. The number of nitrogens with zero attached hydrogens (tertiary/aromatic N) is 1. The highest BCUT2D eigenvalue weighted by Crippen LogP contribution is 2.16. The van der Waals surface area contributed by atoms with Gasteiger partial charge >= 0.3 is 0 Å². The molecule has 1 unspecified atom stereocenters. The van der Waals surface area contributed by atoms with Gasteiger partial charge in [0.05, 0.1) is 12.6 Å². The van der Waals surface area contributed by atoms with E-state index < -0.39 is 0 Å². The summed E-state index contributed by atoms with van der Waals surface area (Å²) in [6, 6.07) is 4.54. The van der Waals surface area contributed by atoms with Gasteiger partial charge in [-0.05, 0) is 30.9 Å². The van der Waals surface area contributed by atoms with Crippen molar-refractivity contribution in [2.75, 3.05) is 18.5 Å². The van der Waals surface area contributed by atoms with Crippen molar-refractivity contribution in [1.82, 2.24) is 4.98 Å². The Morgan fingerprint density at radius 3 is 3.27 bits per heavy atom. The molecule has 0 aliphatic carbocycles. The van der Waals surface area contributed by atoms with Gasteiger partial charge in [0.1, 0.15) is 5.82 Å². The van der Waals surface area contributed by atoms with Crippen LogP contribution in [0.15, 0.2) is 18.3 Å². The minimum atomic E-state index is 0.430. The van der Waals surface area contributed by atoms with Crippen LogP contribution in [0.1, 0.15) is 25.3 Å². The number of aryl methyl sites for hydroxylation is 1. The predicted molar refractivity (Wildman–Crippen MR) is 61.1 cm³/mol. The van der Waals surface area contributed by atoms with Crippen LogP contribution in [0.2, 0.25) is 0 Å². The lowest BCUT2D eigenvalue weighted by molar-refractivity contribution is 0.0875. The number of ether oxygens (including phenoxy) is 1. The second-order valence-corrected chi connectivity index (χ2v) is 3.92. The van der Waals surface area contributed by atoms with Crippen molar-refractivity contribution in [3.8, 4) is 0 Å². The highest BCUT2D eigenvalue weighted by atomic mass is 16.5. The molecule has 1 fully saturated rings. The highest BCUT2D eigenvalue weighted by molar-refractivity contribution is 5.44. The Hall–Kier alpha value is -1.09. The average molecular weight is 206 g/mol. The smallest absolute Gasteiger partial charge is 0.129 e. The van der Waals surface area contributed by atoms with Gasteiger partial charge in [0.25, 0.3) is 0 Å². The molecule has 2 rings (SSSR count). The van der Waals surface area contributed by atoms with Crippen molar-refractivity contribution in [2.45, 2.75) is 32.2 Å². The SMILES string of the molecule is CCc1cccnc1NC1CCCOC1. The van der Waals surface area contributed by atoms with Gasteiger partial charge in [-0.15, -0.1) is 0 Å². The molecule has 0 radical (unpaired) electrons. The van der Waals surface area contributed by atoms with Crippen molar-refractivity contribution in [1.29, 1.82) is 0 Å². The van der Waals surface area contributed by atoms with E-state index in [2.05, 4.69) is 23.3 Å². The number of nitrogens with one attached hydrogen (secondary N) is 1. The molecular formula is C12H18N2O. The molecule has 1 aliphatic heterocycles. The normalized spacial score (nSPS) is 21.3. The number of aromatic nitrogens is 1. The number of anilines is 1. The minimum Gasteiger partial charge on any atom is -0.379 e. The third-order valence-corrected chi connectivity index (χ3v) is 2.77. The van der Waals surface area contributed by atoms with E-state index in [1.807, 2.05) is 12.3 Å². The Bertz CT molecular complexity index is 308. The van der Waals surface area contributed by atoms with Crippen LogP contribution in [0, 0.1) is 0 Å². The maximum Gasteiger partial charge on any atom is 0.129 e. The molecule has 1 aliphatic rings. The molecule has 0 spiro atoms. The van der Waals surface area contributed by atoms with E-state index in [1.165, 1.54) is 12.0 Å². The second-order valence-electron chi connectivity index (χ2n) is 3.92. The maximum atomic E-state index is 5.44. The lowest BCUT2D eigenvalue weighted by atomic mass is 10.1. The first-order chi connectivity index (χ1) is 7.40. The number of pyridine rings is 1. The average Bonchev–Trinajstić information content (AvgIpc) is 2.31. The van der Waals surface area contributed by atoms with Crippen LogP contribution in [-0.4, -0.2) is 24.2 Å². The van der Waals surface area contributed by atoms with Crippen LogP contribution < -0.4 is 5.32 Å². The lowest BCUT2D eigenvalue weighted by Gasteiger charge is -2.24. The first-order valence-corrected chi connectivity index (χ1v) is 5.68. The first kappa shape index (κ1) is 10.4. The zero-order valence-corrected chi connectivity index (χ0v) is 9.20. The summed E-state index contributed by atoms with van der Waals surface area (Å²) in [6.07, 6.45) is 5.18. The van der Waals surface area contributed by atoms with Crippen LogP contribution in [-0.2, 0) is 11.2 Å². The summed E-state index contributed by atoms with van der Waals surface area (Å²) in [7, 11) is 0. The maximum absolute atomic E-state index is 5.44. The molecule has 2 heterocycles.